The molecule has 4 atom stereocenters. The van der Waals surface area contributed by atoms with E-state index in [4.69, 9.17) is 14.7 Å². The van der Waals surface area contributed by atoms with Crippen LogP contribution in [0.25, 0.3) is 11.0 Å². The van der Waals surface area contributed by atoms with Crippen molar-refractivity contribution in [3.05, 3.63) is 40.8 Å². The molecule has 1 aliphatic heterocycles. The number of aromatic amines is 1. The number of methoxy groups -OCH3 is 1. The van der Waals surface area contributed by atoms with E-state index < -0.39 is 0 Å². The predicted octanol–water partition coefficient (Wildman–Crippen LogP) is 5.36. The zero-order valence-corrected chi connectivity index (χ0v) is 17.7. The molecule has 0 saturated heterocycles. The molecule has 3 aliphatic carbocycles. The fourth-order valence-corrected chi connectivity index (χ4v) is 6.77. The molecule has 0 amide bonds. The number of H-pyrrole nitrogens is 1. The summed E-state index contributed by atoms with van der Waals surface area (Å²) in [6.07, 6.45) is 7.71. The highest BCUT2D eigenvalue weighted by Crippen LogP contribution is 2.64. The molecule has 154 valence electrons. The predicted molar refractivity (Wildman–Crippen MR) is 118 cm³/mol. The number of nitrogens with one attached hydrogen (secondary N) is 1. The number of hydrogen-bond acceptors (Lipinski definition) is 4. The molecule has 1 N–H and O–H groups in total. The van der Waals surface area contributed by atoms with Crippen LogP contribution >= 0.6 is 0 Å². The monoisotopic (exact) mass is 400 g/mol. The van der Waals surface area contributed by atoms with Crippen molar-refractivity contribution in [3.8, 4) is 5.75 Å². The van der Waals surface area contributed by atoms with E-state index >= 15 is 0 Å². The minimum Gasteiger partial charge on any atom is -0.497 e. The average Bonchev–Trinajstić information content (AvgIpc) is 3.06. The summed E-state index contributed by atoms with van der Waals surface area (Å²) in [6.45, 7) is 3.04. The third kappa shape index (κ3) is 2.13. The second-order valence-corrected chi connectivity index (χ2v) is 9.72. The van der Waals surface area contributed by atoms with Crippen LogP contribution in [0.2, 0.25) is 0 Å². The van der Waals surface area contributed by atoms with E-state index in [2.05, 4.69) is 35.0 Å². The standard InChI is InChI=1S/C25H28N4O/c1-13-26-23-21-18-8-6-16(18)17-7-9-19(17)22(21)28-24(23)25(27-13)29-11-3-4-14-12-15(30-2)5-10-20(14)29/h5,10,12,16-19,28H,3-4,6-9,11H2,1-2H3/t16?,17-,18-,19?/m1/s1. The third-order valence-corrected chi connectivity index (χ3v) is 8.41. The Bertz CT molecular complexity index is 1180. The first kappa shape index (κ1) is 17.2. The fraction of sp³-hybridized carbons (Fsp3) is 0.520. The lowest BCUT2D eigenvalue weighted by Crippen LogP contribution is -2.43. The van der Waals surface area contributed by atoms with Gasteiger partial charge in [-0.1, -0.05) is 0 Å². The molecule has 0 radical (unpaired) electrons. The summed E-state index contributed by atoms with van der Waals surface area (Å²) in [5.74, 6) is 6.12. The number of rotatable bonds is 2. The molecule has 5 heteroatoms. The van der Waals surface area contributed by atoms with Crippen LogP contribution in [-0.2, 0) is 6.42 Å². The second kappa shape index (κ2) is 5.99. The van der Waals surface area contributed by atoms with E-state index in [-0.39, 0.29) is 0 Å². The molecule has 0 bridgehead atoms. The molecule has 2 saturated carbocycles. The van der Waals surface area contributed by atoms with Gasteiger partial charge in [0.05, 0.1) is 12.6 Å². The normalized spacial score (nSPS) is 28.7. The number of hydrogen-bond donors (Lipinski definition) is 1. The number of nitrogens with zero attached hydrogens (tertiary/aromatic N) is 3. The van der Waals surface area contributed by atoms with Gasteiger partial charge in [0.15, 0.2) is 5.82 Å². The minimum atomic E-state index is 0.718. The van der Waals surface area contributed by atoms with Gasteiger partial charge < -0.3 is 14.6 Å². The van der Waals surface area contributed by atoms with Crippen LogP contribution in [0, 0.1) is 18.8 Å². The van der Waals surface area contributed by atoms with Gasteiger partial charge in [0, 0.05) is 29.4 Å². The van der Waals surface area contributed by atoms with Crippen LogP contribution in [-0.4, -0.2) is 28.6 Å². The number of aryl methyl sites for hydroxylation is 2. The molecular weight excluding hydrogens is 372 g/mol. The Morgan fingerprint density at radius 1 is 1.07 bits per heavy atom. The second-order valence-electron chi connectivity index (χ2n) is 9.72. The first-order chi connectivity index (χ1) is 14.7. The maximum Gasteiger partial charge on any atom is 0.161 e. The highest BCUT2D eigenvalue weighted by molar-refractivity contribution is 5.93. The van der Waals surface area contributed by atoms with Crippen molar-refractivity contribution in [3.63, 3.8) is 0 Å². The summed E-state index contributed by atoms with van der Waals surface area (Å²) < 4.78 is 5.47. The molecule has 5 nitrogen and oxygen atoms in total. The molecule has 2 unspecified atom stereocenters. The number of anilines is 2. The first-order valence-electron chi connectivity index (χ1n) is 11.6. The molecule has 4 aliphatic rings. The molecule has 3 heterocycles. The van der Waals surface area contributed by atoms with E-state index in [1.54, 1.807) is 12.7 Å². The Morgan fingerprint density at radius 2 is 1.90 bits per heavy atom. The van der Waals surface area contributed by atoms with Crippen molar-refractivity contribution in [2.75, 3.05) is 18.6 Å². The Labute approximate surface area is 176 Å². The molecule has 0 spiro atoms. The lowest BCUT2D eigenvalue weighted by Gasteiger charge is -2.54. The molecule has 30 heavy (non-hydrogen) atoms. The summed E-state index contributed by atoms with van der Waals surface area (Å²) in [5, 5.41) is 0. The van der Waals surface area contributed by atoms with Crippen LogP contribution < -0.4 is 9.64 Å². The van der Waals surface area contributed by atoms with Gasteiger partial charge in [-0.15, -0.1) is 0 Å². The zero-order chi connectivity index (χ0) is 20.0. The zero-order valence-electron chi connectivity index (χ0n) is 17.7. The SMILES string of the molecule is COc1ccc2c(c1)CCCN2c1nc(C)nc2c3c([nH]c12)C1CC[C@@H]1C1CC[C@@H]31. The third-order valence-electron chi connectivity index (χ3n) is 8.41. The lowest BCUT2D eigenvalue weighted by molar-refractivity contribution is 0.0555. The van der Waals surface area contributed by atoms with Gasteiger partial charge in [-0.25, -0.2) is 9.97 Å². The number of fused-ring (bicyclic) bond motifs is 9. The molecule has 2 aromatic heterocycles. The van der Waals surface area contributed by atoms with Crippen LogP contribution in [0.4, 0.5) is 11.5 Å². The summed E-state index contributed by atoms with van der Waals surface area (Å²) in [5.41, 5.74) is 8.01. The van der Waals surface area contributed by atoms with Gasteiger partial charge in [-0.05, 0) is 87.0 Å². The summed E-state index contributed by atoms with van der Waals surface area (Å²) >= 11 is 0. The smallest absolute Gasteiger partial charge is 0.161 e. The molecule has 2 fully saturated rings. The van der Waals surface area contributed by atoms with Crippen LogP contribution in [0.5, 0.6) is 5.75 Å². The molecule has 3 aromatic rings. The van der Waals surface area contributed by atoms with Gasteiger partial charge in [-0.2, -0.15) is 0 Å². The fourth-order valence-electron chi connectivity index (χ4n) is 6.77. The summed E-state index contributed by atoms with van der Waals surface area (Å²) in [4.78, 5) is 16.3. The molecular formula is C25H28N4O. The first-order valence-corrected chi connectivity index (χ1v) is 11.6. The lowest BCUT2D eigenvalue weighted by atomic mass is 9.50. The van der Waals surface area contributed by atoms with Crippen LogP contribution in [0.1, 0.15) is 66.6 Å². The topological polar surface area (TPSA) is 54.0 Å². The largest absolute Gasteiger partial charge is 0.497 e. The van der Waals surface area contributed by atoms with E-state index in [9.17, 15) is 0 Å². The number of aromatic nitrogens is 3. The van der Waals surface area contributed by atoms with Gasteiger partial charge in [0.2, 0.25) is 0 Å². The molecule has 7 rings (SSSR count). The van der Waals surface area contributed by atoms with Gasteiger partial charge in [0.25, 0.3) is 0 Å². The van der Waals surface area contributed by atoms with Crippen molar-refractivity contribution in [1.29, 1.82) is 0 Å². The number of ether oxygens (including phenoxy) is 1. The van der Waals surface area contributed by atoms with Crippen molar-refractivity contribution >= 4 is 22.5 Å². The average molecular weight is 401 g/mol. The van der Waals surface area contributed by atoms with Crippen molar-refractivity contribution < 1.29 is 4.74 Å². The quantitative estimate of drug-likeness (QED) is 0.629. The highest BCUT2D eigenvalue weighted by Gasteiger charge is 2.52. The Kier molecular flexibility index (Phi) is 3.43. The van der Waals surface area contributed by atoms with Crippen LogP contribution in [0.15, 0.2) is 18.2 Å². The van der Waals surface area contributed by atoms with Gasteiger partial charge in [-0.3, -0.25) is 0 Å². The van der Waals surface area contributed by atoms with Crippen LogP contribution in [0.3, 0.4) is 0 Å². The Morgan fingerprint density at radius 3 is 2.67 bits per heavy atom. The number of benzene rings is 1. The summed E-state index contributed by atoms with van der Waals surface area (Å²) in [6, 6.07) is 6.45. The van der Waals surface area contributed by atoms with Gasteiger partial charge in [0.1, 0.15) is 17.1 Å². The maximum absolute atomic E-state index is 5.47. The van der Waals surface area contributed by atoms with E-state index in [0.717, 1.165) is 66.0 Å². The van der Waals surface area contributed by atoms with Crippen molar-refractivity contribution in [2.24, 2.45) is 11.8 Å². The molecule has 1 aromatic carbocycles. The van der Waals surface area contributed by atoms with Crippen molar-refractivity contribution in [2.45, 2.75) is 57.3 Å². The summed E-state index contributed by atoms with van der Waals surface area (Å²) in [7, 11) is 1.74. The minimum absolute atomic E-state index is 0.718. The van der Waals surface area contributed by atoms with Crippen molar-refractivity contribution in [1.82, 2.24) is 15.0 Å². The van der Waals surface area contributed by atoms with E-state index in [0.29, 0.717) is 0 Å². The van der Waals surface area contributed by atoms with E-state index in [1.807, 2.05) is 0 Å². The Hall–Kier alpha value is -2.56. The van der Waals surface area contributed by atoms with E-state index in [1.165, 1.54) is 48.1 Å². The highest BCUT2D eigenvalue weighted by atomic mass is 16.5. The van der Waals surface area contributed by atoms with Gasteiger partial charge >= 0.3 is 0 Å². The maximum atomic E-state index is 5.47. The Balaban J connectivity index is 1.43.